The zero-order chi connectivity index (χ0) is 11.7. The SMILES string of the molecule is NCc1cnc(N2Cc3ccccc3C2)cn1. The highest BCUT2D eigenvalue weighted by atomic mass is 15.2. The molecule has 4 heteroatoms. The molecule has 0 radical (unpaired) electrons. The smallest absolute Gasteiger partial charge is 0.147 e. The largest absolute Gasteiger partial charge is 0.347 e. The minimum absolute atomic E-state index is 0.438. The standard InChI is InChI=1S/C13H14N4/c14-5-12-6-16-13(7-15-12)17-8-10-3-1-2-4-11(10)9-17/h1-4,6-7H,5,8-9,14H2. The summed E-state index contributed by atoms with van der Waals surface area (Å²) in [6, 6.07) is 8.48. The van der Waals surface area contributed by atoms with Crippen molar-refractivity contribution in [2.24, 2.45) is 5.73 Å². The highest BCUT2D eigenvalue weighted by Crippen LogP contribution is 2.25. The zero-order valence-electron chi connectivity index (χ0n) is 9.50. The van der Waals surface area contributed by atoms with Gasteiger partial charge in [0.25, 0.3) is 0 Å². The first-order valence-electron chi connectivity index (χ1n) is 5.69. The number of aromatic nitrogens is 2. The van der Waals surface area contributed by atoms with Crippen LogP contribution in [0.15, 0.2) is 36.7 Å². The third-order valence-corrected chi connectivity index (χ3v) is 3.07. The number of nitrogens with two attached hydrogens (primary N) is 1. The molecule has 2 aromatic rings. The van der Waals surface area contributed by atoms with Crippen LogP contribution in [0.25, 0.3) is 0 Å². The Morgan fingerprint density at radius 2 is 1.76 bits per heavy atom. The molecule has 0 fully saturated rings. The highest BCUT2D eigenvalue weighted by molar-refractivity contribution is 5.45. The second kappa shape index (κ2) is 4.14. The van der Waals surface area contributed by atoms with Gasteiger partial charge >= 0.3 is 0 Å². The van der Waals surface area contributed by atoms with Crippen LogP contribution in [0.5, 0.6) is 0 Å². The van der Waals surface area contributed by atoms with E-state index in [4.69, 9.17) is 5.73 Å². The molecule has 1 aromatic carbocycles. The molecule has 0 spiro atoms. The molecule has 0 saturated heterocycles. The Labute approximate surface area is 100 Å². The first kappa shape index (κ1) is 10.2. The topological polar surface area (TPSA) is 55.0 Å². The zero-order valence-corrected chi connectivity index (χ0v) is 9.50. The average Bonchev–Trinajstić information content (AvgIpc) is 2.82. The molecule has 1 aromatic heterocycles. The molecule has 1 aliphatic heterocycles. The molecule has 86 valence electrons. The van der Waals surface area contributed by atoms with Crippen LogP contribution in [-0.4, -0.2) is 9.97 Å². The lowest BCUT2D eigenvalue weighted by molar-refractivity contribution is 0.839. The fraction of sp³-hybridized carbons (Fsp3) is 0.231. The number of nitrogens with zero attached hydrogens (tertiary/aromatic N) is 3. The molecule has 4 nitrogen and oxygen atoms in total. The highest BCUT2D eigenvalue weighted by Gasteiger charge is 2.19. The van der Waals surface area contributed by atoms with E-state index in [1.165, 1.54) is 11.1 Å². The van der Waals surface area contributed by atoms with Gasteiger partial charge in [0.2, 0.25) is 0 Å². The summed E-state index contributed by atoms with van der Waals surface area (Å²) in [7, 11) is 0. The van der Waals surface area contributed by atoms with Gasteiger partial charge in [-0.3, -0.25) is 4.98 Å². The van der Waals surface area contributed by atoms with Crippen molar-refractivity contribution in [3.8, 4) is 0 Å². The van der Waals surface area contributed by atoms with Crippen molar-refractivity contribution >= 4 is 5.82 Å². The number of fused-ring (bicyclic) bond motifs is 1. The van der Waals surface area contributed by atoms with Crippen molar-refractivity contribution in [2.75, 3.05) is 4.90 Å². The van der Waals surface area contributed by atoms with E-state index in [1.807, 2.05) is 0 Å². The Morgan fingerprint density at radius 1 is 1.06 bits per heavy atom. The van der Waals surface area contributed by atoms with Gasteiger partial charge in [-0.1, -0.05) is 24.3 Å². The molecule has 0 unspecified atom stereocenters. The number of anilines is 1. The van der Waals surface area contributed by atoms with Crippen LogP contribution in [0, 0.1) is 0 Å². The first-order valence-corrected chi connectivity index (χ1v) is 5.69. The molecular formula is C13H14N4. The third-order valence-electron chi connectivity index (χ3n) is 3.07. The van der Waals surface area contributed by atoms with E-state index in [0.717, 1.165) is 24.6 Å². The Hall–Kier alpha value is -1.94. The van der Waals surface area contributed by atoms with Crippen molar-refractivity contribution in [2.45, 2.75) is 19.6 Å². The summed E-state index contributed by atoms with van der Waals surface area (Å²) >= 11 is 0. The summed E-state index contributed by atoms with van der Waals surface area (Å²) in [6.45, 7) is 2.26. The van der Waals surface area contributed by atoms with Crippen molar-refractivity contribution < 1.29 is 0 Å². The monoisotopic (exact) mass is 226 g/mol. The molecule has 0 atom stereocenters. The van der Waals surface area contributed by atoms with Gasteiger partial charge < -0.3 is 10.6 Å². The third kappa shape index (κ3) is 1.87. The van der Waals surface area contributed by atoms with Gasteiger partial charge in [0, 0.05) is 19.6 Å². The predicted octanol–water partition coefficient (Wildman–Crippen LogP) is 1.46. The van der Waals surface area contributed by atoms with E-state index in [9.17, 15) is 0 Å². The Morgan fingerprint density at radius 3 is 2.29 bits per heavy atom. The number of hydrogen-bond donors (Lipinski definition) is 1. The summed E-state index contributed by atoms with van der Waals surface area (Å²) in [5.41, 5.74) is 9.08. The minimum atomic E-state index is 0.438. The van der Waals surface area contributed by atoms with E-state index in [0.29, 0.717) is 6.54 Å². The second-order valence-corrected chi connectivity index (χ2v) is 4.19. The lowest BCUT2D eigenvalue weighted by atomic mass is 10.1. The van der Waals surface area contributed by atoms with E-state index in [2.05, 4.69) is 39.1 Å². The van der Waals surface area contributed by atoms with E-state index in [1.54, 1.807) is 12.4 Å². The minimum Gasteiger partial charge on any atom is -0.347 e. The molecule has 0 aliphatic carbocycles. The van der Waals surface area contributed by atoms with Crippen LogP contribution in [0.4, 0.5) is 5.82 Å². The fourth-order valence-electron chi connectivity index (χ4n) is 2.11. The van der Waals surface area contributed by atoms with Crippen LogP contribution in [-0.2, 0) is 19.6 Å². The number of hydrogen-bond acceptors (Lipinski definition) is 4. The lowest BCUT2D eigenvalue weighted by Gasteiger charge is -2.15. The van der Waals surface area contributed by atoms with Gasteiger partial charge in [-0.05, 0) is 11.1 Å². The molecule has 0 saturated carbocycles. The van der Waals surface area contributed by atoms with Crippen molar-refractivity contribution in [3.63, 3.8) is 0 Å². The van der Waals surface area contributed by atoms with Gasteiger partial charge in [0.15, 0.2) is 0 Å². The quantitative estimate of drug-likeness (QED) is 0.842. The number of benzene rings is 1. The first-order chi connectivity index (χ1) is 8.36. The Bertz CT molecular complexity index is 496. The van der Waals surface area contributed by atoms with Crippen molar-refractivity contribution in [3.05, 3.63) is 53.5 Å². The van der Waals surface area contributed by atoms with Crippen LogP contribution in [0.3, 0.4) is 0 Å². The molecule has 2 N–H and O–H groups in total. The summed E-state index contributed by atoms with van der Waals surface area (Å²) < 4.78 is 0. The summed E-state index contributed by atoms with van der Waals surface area (Å²) in [4.78, 5) is 10.9. The van der Waals surface area contributed by atoms with Crippen LogP contribution < -0.4 is 10.6 Å². The molecule has 0 amide bonds. The van der Waals surface area contributed by atoms with Gasteiger partial charge in [0.05, 0.1) is 18.1 Å². The van der Waals surface area contributed by atoms with Gasteiger partial charge in [-0.25, -0.2) is 4.98 Å². The molecule has 3 rings (SSSR count). The normalized spacial score (nSPS) is 13.8. The van der Waals surface area contributed by atoms with E-state index < -0.39 is 0 Å². The molecule has 2 heterocycles. The van der Waals surface area contributed by atoms with Gasteiger partial charge in [-0.15, -0.1) is 0 Å². The van der Waals surface area contributed by atoms with Crippen molar-refractivity contribution in [1.29, 1.82) is 0 Å². The summed E-state index contributed by atoms with van der Waals surface area (Å²) in [6.07, 6.45) is 3.55. The maximum absolute atomic E-state index is 5.51. The molecule has 0 bridgehead atoms. The van der Waals surface area contributed by atoms with E-state index >= 15 is 0 Å². The van der Waals surface area contributed by atoms with Crippen LogP contribution in [0.2, 0.25) is 0 Å². The number of rotatable bonds is 2. The van der Waals surface area contributed by atoms with Crippen LogP contribution >= 0.6 is 0 Å². The Balaban J connectivity index is 1.83. The lowest BCUT2D eigenvalue weighted by Crippen LogP contribution is -2.16. The maximum atomic E-state index is 5.51. The molecule has 17 heavy (non-hydrogen) atoms. The Kier molecular flexibility index (Phi) is 2.49. The van der Waals surface area contributed by atoms with Gasteiger partial charge in [0.1, 0.15) is 5.82 Å². The fourth-order valence-corrected chi connectivity index (χ4v) is 2.11. The molecular weight excluding hydrogens is 212 g/mol. The predicted molar refractivity (Wildman–Crippen MR) is 66.3 cm³/mol. The maximum Gasteiger partial charge on any atom is 0.147 e. The van der Waals surface area contributed by atoms with Gasteiger partial charge in [-0.2, -0.15) is 0 Å². The van der Waals surface area contributed by atoms with Crippen molar-refractivity contribution in [1.82, 2.24) is 9.97 Å². The second-order valence-electron chi connectivity index (χ2n) is 4.19. The van der Waals surface area contributed by atoms with E-state index in [-0.39, 0.29) is 0 Å². The average molecular weight is 226 g/mol. The van der Waals surface area contributed by atoms with Crippen LogP contribution in [0.1, 0.15) is 16.8 Å². The summed E-state index contributed by atoms with van der Waals surface area (Å²) in [5, 5.41) is 0. The molecule has 1 aliphatic rings. The summed E-state index contributed by atoms with van der Waals surface area (Å²) in [5.74, 6) is 0.915.